The van der Waals surface area contributed by atoms with Crippen molar-refractivity contribution in [2.24, 2.45) is 0 Å². The van der Waals surface area contributed by atoms with Gasteiger partial charge in [0.25, 0.3) is 0 Å². The van der Waals surface area contributed by atoms with Crippen LogP contribution in [0.1, 0.15) is 44.9 Å². The third-order valence-electron chi connectivity index (χ3n) is 7.89. The summed E-state index contributed by atoms with van der Waals surface area (Å²) in [6.07, 6.45) is 9.66. The Labute approximate surface area is 198 Å². The van der Waals surface area contributed by atoms with Crippen LogP contribution in [0.2, 0.25) is 0 Å². The molecular weight excluding hydrogens is 426 g/mol. The average molecular weight is 470 g/mol. The summed E-state index contributed by atoms with van der Waals surface area (Å²) in [6, 6.07) is 0. The predicted molar refractivity (Wildman–Crippen MR) is 132 cm³/mol. The Bertz CT molecular complexity index is 518. The van der Waals surface area contributed by atoms with Crippen LogP contribution < -0.4 is 0 Å². The first-order valence-electron chi connectivity index (χ1n) is 12.9. The van der Waals surface area contributed by atoms with Crippen LogP contribution in [-0.2, 0) is 4.74 Å². The largest absolute Gasteiger partial charge is 0.379 e. The van der Waals surface area contributed by atoms with Gasteiger partial charge in [-0.1, -0.05) is 19.3 Å². The number of hydrogen-bond acceptors (Lipinski definition) is 8. The summed E-state index contributed by atoms with van der Waals surface area (Å²) >= 11 is 4.40. The Hall–Kier alpha value is 0.460. The van der Waals surface area contributed by atoms with E-state index in [0.717, 1.165) is 26.3 Å². The molecule has 0 spiro atoms. The number of ether oxygens (including phenoxy) is 1. The molecule has 178 valence electrons. The number of rotatable bonds is 4. The second kappa shape index (κ2) is 11.3. The molecule has 5 heterocycles. The summed E-state index contributed by atoms with van der Waals surface area (Å²) in [4.78, 5) is 8.72. The van der Waals surface area contributed by atoms with Crippen molar-refractivity contribution in [1.82, 2.24) is 24.7 Å². The number of hydrogen-bond donors (Lipinski definition) is 0. The summed E-state index contributed by atoms with van der Waals surface area (Å²) in [5.41, 5.74) is 0. The molecule has 5 aliphatic rings. The van der Waals surface area contributed by atoms with E-state index in [-0.39, 0.29) is 5.79 Å². The van der Waals surface area contributed by atoms with E-state index >= 15 is 0 Å². The highest BCUT2D eigenvalue weighted by Gasteiger charge is 2.58. The standard InChI is InChI=1S/C23H43N5OS2/c1-2-7-11-25(10-6-1)23(26-12-17-29-18-13-26)22(24-8-4-3-5-9-24)31-21-16-28(23)27-14-19-30-20-15-27/h22H,1-21H2. The van der Waals surface area contributed by atoms with E-state index < -0.39 is 0 Å². The molecule has 5 saturated heterocycles. The number of morpholine rings is 1. The minimum atomic E-state index is -0.0175. The van der Waals surface area contributed by atoms with Crippen LogP contribution in [0, 0.1) is 0 Å². The number of thioether (sulfide) groups is 2. The summed E-state index contributed by atoms with van der Waals surface area (Å²) in [6.45, 7) is 12.6. The first kappa shape index (κ1) is 23.2. The van der Waals surface area contributed by atoms with Crippen LogP contribution in [0.15, 0.2) is 0 Å². The molecule has 8 heteroatoms. The summed E-state index contributed by atoms with van der Waals surface area (Å²) < 4.78 is 5.89. The van der Waals surface area contributed by atoms with Crippen LogP contribution in [-0.4, -0.2) is 125 Å². The third-order valence-corrected chi connectivity index (χ3v) is 10.2. The monoisotopic (exact) mass is 469 g/mol. The molecule has 31 heavy (non-hydrogen) atoms. The van der Waals surface area contributed by atoms with Crippen LogP contribution in [0.3, 0.4) is 0 Å². The maximum atomic E-state index is 5.89. The molecule has 6 nitrogen and oxygen atoms in total. The normalized spacial score (nSPS) is 37.0. The van der Waals surface area contributed by atoms with Crippen molar-refractivity contribution in [2.75, 3.05) is 89.4 Å². The minimum Gasteiger partial charge on any atom is -0.379 e. The molecule has 0 bridgehead atoms. The van der Waals surface area contributed by atoms with Gasteiger partial charge in [0.15, 0.2) is 5.79 Å². The van der Waals surface area contributed by atoms with E-state index in [2.05, 4.69) is 48.2 Å². The summed E-state index contributed by atoms with van der Waals surface area (Å²) in [7, 11) is 0. The first-order valence-corrected chi connectivity index (χ1v) is 15.1. The van der Waals surface area contributed by atoms with E-state index in [1.54, 1.807) is 0 Å². The quantitative estimate of drug-likeness (QED) is 0.620. The fraction of sp³-hybridized carbons (Fsp3) is 1.00. The Kier molecular flexibility index (Phi) is 8.43. The molecule has 5 aliphatic heterocycles. The van der Waals surface area contributed by atoms with Crippen LogP contribution in [0.25, 0.3) is 0 Å². The lowest BCUT2D eigenvalue weighted by atomic mass is 10.1. The third kappa shape index (κ3) is 4.83. The van der Waals surface area contributed by atoms with Gasteiger partial charge in [0.2, 0.25) is 0 Å². The lowest BCUT2D eigenvalue weighted by Crippen LogP contribution is -2.82. The zero-order valence-corrected chi connectivity index (χ0v) is 21.0. The van der Waals surface area contributed by atoms with Crippen molar-refractivity contribution in [3.05, 3.63) is 0 Å². The first-order chi connectivity index (χ1) is 15.4. The highest BCUT2D eigenvalue weighted by Crippen LogP contribution is 2.44. The van der Waals surface area contributed by atoms with Crippen LogP contribution in [0.4, 0.5) is 0 Å². The van der Waals surface area contributed by atoms with Gasteiger partial charge in [-0.3, -0.25) is 14.7 Å². The van der Waals surface area contributed by atoms with Gasteiger partial charge < -0.3 is 4.74 Å². The number of nitrogens with zero attached hydrogens (tertiary/aromatic N) is 5. The van der Waals surface area contributed by atoms with Gasteiger partial charge in [-0.05, 0) is 38.8 Å². The number of piperidine rings is 1. The van der Waals surface area contributed by atoms with Gasteiger partial charge in [0, 0.05) is 63.1 Å². The second-order valence-corrected chi connectivity index (χ2v) is 12.1. The molecule has 5 fully saturated rings. The average Bonchev–Trinajstić information content (AvgIpc) is 3.15. The molecule has 2 atom stereocenters. The van der Waals surface area contributed by atoms with E-state index in [1.807, 2.05) is 0 Å². The van der Waals surface area contributed by atoms with E-state index in [9.17, 15) is 0 Å². The maximum Gasteiger partial charge on any atom is 0.169 e. The van der Waals surface area contributed by atoms with Crippen molar-refractivity contribution >= 4 is 23.5 Å². The molecule has 0 aromatic carbocycles. The minimum absolute atomic E-state index is 0.0175. The fourth-order valence-electron chi connectivity index (χ4n) is 6.43. The van der Waals surface area contributed by atoms with E-state index in [4.69, 9.17) is 4.74 Å². The van der Waals surface area contributed by atoms with Crippen molar-refractivity contribution in [3.63, 3.8) is 0 Å². The maximum absolute atomic E-state index is 5.89. The van der Waals surface area contributed by atoms with Gasteiger partial charge in [-0.15, -0.1) is 11.8 Å². The summed E-state index contributed by atoms with van der Waals surface area (Å²) in [5, 5.41) is 6.21. The lowest BCUT2D eigenvalue weighted by Gasteiger charge is -2.65. The molecule has 5 rings (SSSR count). The molecular formula is C23H43N5OS2. The highest BCUT2D eigenvalue weighted by atomic mass is 32.2. The van der Waals surface area contributed by atoms with Crippen LogP contribution >= 0.6 is 23.5 Å². The van der Waals surface area contributed by atoms with Crippen molar-refractivity contribution in [3.8, 4) is 0 Å². The van der Waals surface area contributed by atoms with Gasteiger partial charge in [-0.2, -0.15) is 11.8 Å². The highest BCUT2D eigenvalue weighted by molar-refractivity contribution is 8.00. The Balaban J connectivity index is 1.57. The van der Waals surface area contributed by atoms with Crippen molar-refractivity contribution in [1.29, 1.82) is 0 Å². The SMILES string of the molecule is C1CCN(C2SCCN(N3CCSCC3)C2(N2CCCCCC2)N2CCOCC2)CC1. The molecule has 0 amide bonds. The number of hydrazine groups is 1. The van der Waals surface area contributed by atoms with Crippen molar-refractivity contribution < 1.29 is 4.74 Å². The van der Waals surface area contributed by atoms with Gasteiger partial charge >= 0.3 is 0 Å². The molecule has 2 unspecified atom stereocenters. The zero-order valence-electron chi connectivity index (χ0n) is 19.4. The Morgan fingerprint density at radius 2 is 1.23 bits per heavy atom. The van der Waals surface area contributed by atoms with Gasteiger partial charge in [0.1, 0.15) is 5.37 Å². The molecule has 0 aromatic heterocycles. The zero-order chi connectivity index (χ0) is 20.9. The van der Waals surface area contributed by atoms with E-state index in [0.29, 0.717) is 5.37 Å². The lowest BCUT2D eigenvalue weighted by molar-refractivity contribution is -0.273. The smallest absolute Gasteiger partial charge is 0.169 e. The van der Waals surface area contributed by atoms with Gasteiger partial charge in [0.05, 0.1) is 13.2 Å². The Morgan fingerprint density at radius 1 is 0.613 bits per heavy atom. The van der Waals surface area contributed by atoms with Crippen molar-refractivity contribution in [2.45, 2.75) is 56.1 Å². The molecule has 0 aliphatic carbocycles. The second-order valence-electron chi connectivity index (χ2n) is 9.70. The summed E-state index contributed by atoms with van der Waals surface area (Å²) in [5.74, 6) is 3.79. The predicted octanol–water partition coefficient (Wildman–Crippen LogP) is 2.67. The number of likely N-dealkylation sites (tertiary alicyclic amines) is 2. The van der Waals surface area contributed by atoms with E-state index in [1.165, 1.54) is 108 Å². The van der Waals surface area contributed by atoms with Gasteiger partial charge in [-0.25, -0.2) is 10.0 Å². The Morgan fingerprint density at radius 3 is 1.94 bits per heavy atom. The molecule has 0 saturated carbocycles. The molecule has 0 aromatic rings. The topological polar surface area (TPSA) is 25.4 Å². The molecule has 0 N–H and O–H groups in total. The fourth-order valence-corrected chi connectivity index (χ4v) is 8.88. The molecule has 0 radical (unpaired) electrons. The van der Waals surface area contributed by atoms with Crippen LogP contribution in [0.5, 0.6) is 0 Å².